The standard InChI is InChI=1S/C42H26/c1-2-8-35-27(7-1)13-14-28-15-16-33(25-41(28)35)31-19-17-30-24-32(20-18-29(30)23-31)34-21-22-40-38-11-4-3-9-36(38)37-10-5-6-12-39(37)42(40)26-34/h1-26H. The second-order valence-corrected chi connectivity index (χ2v) is 11.4. The van der Waals surface area contributed by atoms with Gasteiger partial charge in [-0.1, -0.05) is 133 Å². The van der Waals surface area contributed by atoms with Crippen molar-refractivity contribution in [3.8, 4) is 22.3 Å². The molecule has 0 aliphatic carbocycles. The van der Waals surface area contributed by atoms with Gasteiger partial charge in [0.05, 0.1) is 0 Å². The third kappa shape index (κ3) is 3.56. The van der Waals surface area contributed by atoms with Gasteiger partial charge in [0.1, 0.15) is 0 Å². The molecular weight excluding hydrogens is 504 g/mol. The van der Waals surface area contributed by atoms with Crippen LogP contribution in [0.2, 0.25) is 0 Å². The van der Waals surface area contributed by atoms with Crippen LogP contribution in [0.5, 0.6) is 0 Å². The van der Waals surface area contributed by atoms with E-state index in [-0.39, 0.29) is 0 Å². The fraction of sp³-hybridized carbons (Fsp3) is 0. The molecule has 0 amide bonds. The highest BCUT2D eigenvalue weighted by Gasteiger charge is 2.10. The van der Waals surface area contributed by atoms with Crippen molar-refractivity contribution in [2.45, 2.75) is 0 Å². The van der Waals surface area contributed by atoms with Crippen LogP contribution in [-0.2, 0) is 0 Å². The van der Waals surface area contributed by atoms with Gasteiger partial charge in [-0.05, 0) is 111 Å². The maximum absolute atomic E-state index is 2.37. The lowest BCUT2D eigenvalue weighted by Crippen LogP contribution is -1.86. The minimum Gasteiger partial charge on any atom is -0.0616 e. The monoisotopic (exact) mass is 530 g/mol. The number of hydrogen-bond donors (Lipinski definition) is 0. The van der Waals surface area contributed by atoms with Crippen molar-refractivity contribution in [3.63, 3.8) is 0 Å². The molecule has 0 aliphatic heterocycles. The average molecular weight is 531 g/mol. The first-order valence-electron chi connectivity index (χ1n) is 14.6. The van der Waals surface area contributed by atoms with Crippen LogP contribution in [-0.4, -0.2) is 0 Å². The highest BCUT2D eigenvalue weighted by atomic mass is 14.1. The molecule has 0 N–H and O–H groups in total. The van der Waals surface area contributed by atoms with Crippen LogP contribution >= 0.6 is 0 Å². The topological polar surface area (TPSA) is 0 Å². The quantitative estimate of drug-likeness (QED) is 0.195. The normalized spacial score (nSPS) is 11.8. The summed E-state index contributed by atoms with van der Waals surface area (Å²) in [5, 5.41) is 15.5. The molecule has 9 aromatic carbocycles. The summed E-state index contributed by atoms with van der Waals surface area (Å²) in [6.45, 7) is 0. The fourth-order valence-electron chi connectivity index (χ4n) is 6.87. The van der Waals surface area contributed by atoms with Crippen molar-refractivity contribution in [1.29, 1.82) is 0 Å². The Bertz CT molecular complexity index is 2480. The van der Waals surface area contributed by atoms with E-state index < -0.39 is 0 Å². The summed E-state index contributed by atoms with van der Waals surface area (Å²) in [5.74, 6) is 0. The molecule has 0 atom stereocenters. The molecule has 0 heteroatoms. The maximum Gasteiger partial charge on any atom is -0.00928 e. The fourth-order valence-corrected chi connectivity index (χ4v) is 6.87. The molecule has 0 heterocycles. The van der Waals surface area contributed by atoms with Crippen molar-refractivity contribution < 1.29 is 0 Å². The molecule has 0 radical (unpaired) electrons. The lowest BCUT2D eigenvalue weighted by atomic mass is 9.91. The molecule has 194 valence electrons. The van der Waals surface area contributed by atoms with Gasteiger partial charge in [-0.25, -0.2) is 0 Å². The molecular formula is C42H26. The number of benzene rings is 9. The Morgan fingerprint density at radius 1 is 0.190 bits per heavy atom. The molecule has 0 fully saturated rings. The van der Waals surface area contributed by atoms with Crippen LogP contribution < -0.4 is 0 Å². The van der Waals surface area contributed by atoms with Gasteiger partial charge < -0.3 is 0 Å². The number of hydrogen-bond acceptors (Lipinski definition) is 0. The predicted octanol–water partition coefficient (Wildman–Crippen LogP) is 11.9. The van der Waals surface area contributed by atoms with E-state index in [2.05, 4.69) is 158 Å². The third-order valence-corrected chi connectivity index (χ3v) is 9.00. The van der Waals surface area contributed by atoms with Gasteiger partial charge in [0.15, 0.2) is 0 Å². The second-order valence-electron chi connectivity index (χ2n) is 11.4. The molecule has 0 saturated heterocycles. The summed E-state index contributed by atoms with van der Waals surface area (Å²) < 4.78 is 0. The molecule has 0 spiro atoms. The lowest BCUT2D eigenvalue weighted by molar-refractivity contribution is 1.66. The molecule has 0 aliphatic rings. The van der Waals surface area contributed by atoms with E-state index >= 15 is 0 Å². The van der Waals surface area contributed by atoms with Gasteiger partial charge in [-0.2, -0.15) is 0 Å². The Morgan fingerprint density at radius 3 is 1.14 bits per heavy atom. The Balaban J connectivity index is 1.16. The highest BCUT2D eigenvalue weighted by molar-refractivity contribution is 6.25. The van der Waals surface area contributed by atoms with E-state index in [0.29, 0.717) is 0 Å². The van der Waals surface area contributed by atoms with E-state index in [0.717, 1.165) is 0 Å². The first-order valence-corrected chi connectivity index (χ1v) is 14.6. The SMILES string of the molecule is c1ccc2c(c1)ccc1ccc(-c3ccc4cc(-c5ccc6c7ccccc7c7ccccc7c6c5)ccc4c3)cc12. The zero-order chi connectivity index (χ0) is 27.6. The Morgan fingerprint density at radius 2 is 0.548 bits per heavy atom. The van der Waals surface area contributed by atoms with Crippen molar-refractivity contribution in [2.75, 3.05) is 0 Å². The van der Waals surface area contributed by atoms with E-state index in [1.807, 2.05) is 0 Å². The molecule has 0 aromatic heterocycles. The van der Waals surface area contributed by atoms with Crippen LogP contribution in [0.4, 0.5) is 0 Å². The summed E-state index contributed by atoms with van der Waals surface area (Å²) in [4.78, 5) is 0. The van der Waals surface area contributed by atoms with Crippen molar-refractivity contribution in [3.05, 3.63) is 158 Å². The summed E-state index contributed by atoms with van der Waals surface area (Å²) >= 11 is 0. The van der Waals surface area contributed by atoms with Crippen LogP contribution in [0.25, 0.3) is 86.9 Å². The van der Waals surface area contributed by atoms with E-state index in [1.165, 1.54) is 86.9 Å². The van der Waals surface area contributed by atoms with Crippen LogP contribution in [0.15, 0.2) is 158 Å². The molecule has 0 saturated carbocycles. The molecule has 0 nitrogen and oxygen atoms in total. The van der Waals surface area contributed by atoms with Crippen molar-refractivity contribution in [2.24, 2.45) is 0 Å². The first-order chi connectivity index (χ1) is 20.8. The van der Waals surface area contributed by atoms with E-state index in [1.54, 1.807) is 0 Å². The van der Waals surface area contributed by atoms with Gasteiger partial charge in [-0.3, -0.25) is 0 Å². The minimum absolute atomic E-state index is 1.24. The van der Waals surface area contributed by atoms with Gasteiger partial charge >= 0.3 is 0 Å². The number of rotatable bonds is 2. The zero-order valence-corrected chi connectivity index (χ0v) is 23.0. The van der Waals surface area contributed by atoms with Crippen LogP contribution in [0.3, 0.4) is 0 Å². The van der Waals surface area contributed by atoms with Crippen molar-refractivity contribution >= 4 is 64.6 Å². The Kier molecular flexibility index (Phi) is 5.00. The number of fused-ring (bicyclic) bond motifs is 10. The lowest BCUT2D eigenvalue weighted by Gasteiger charge is -2.12. The summed E-state index contributed by atoms with van der Waals surface area (Å²) in [7, 11) is 0. The average Bonchev–Trinajstić information content (AvgIpc) is 3.07. The van der Waals surface area contributed by atoms with Crippen LogP contribution in [0.1, 0.15) is 0 Å². The molecule has 42 heavy (non-hydrogen) atoms. The van der Waals surface area contributed by atoms with Gasteiger partial charge in [0, 0.05) is 0 Å². The van der Waals surface area contributed by atoms with Gasteiger partial charge in [0.2, 0.25) is 0 Å². The van der Waals surface area contributed by atoms with Crippen molar-refractivity contribution in [1.82, 2.24) is 0 Å². The third-order valence-electron chi connectivity index (χ3n) is 9.00. The van der Waals surface area contributed by atoms with Gasteiger partial charge in [0.25, 0.3) is 0 Å². The summed E-state index contributed by atoms with van der Waals surface area (Å²) in [5.41, 5.74) is 4.98. The Labute approximate surface area is 244 Å². The molecule has 9 rings (SSSR count). The molecule has 9 aromatic rings. The summed E-state index contributed by atoms with van der Waals surface area (Å²) in [6, 6.07) is 58.2. The zero-order valence-electron chi connectivity index (χ0n) is 23.0. The smallest absolute Gasteiger partial charge is 0.00928 e. The molecule has 0 unspecified atom stereocenters. The van der Waals surface area contributed by atoms with E-state index in [9.17, 15) is 0 Å². The largest absolute Gasteiger partial charge is 0.0616 e. The second kappa shape index (κ2) is 9.03. The van der Waals surface area contributed by atoms with Crippen LogP contribution in [0, 0.1) is 0 Å². The van der Waals surface area contributed by atoms with Gasteiger partial charge in [-0.15, -0.1) is 0 Å². The van der Waals surface area contributed by atoms with E-state index in [4.69, 9.17) is 0 Å². The summed E-state index contributed by atoms with van der Waals surface area (Å²) in [6.07, 6.45) is 0. The first kappa shape index (κ1) is 23.3. The molecule has 0 bridgehead atoms. The highest BCUT2D eigenvalue weighted by Crippen LogP contribution is 2.38. The minimum atomic E-state index is 1.24. The predicted molar refractivity (Wildman–Crippen MR) is 182 cm³/mol. The maximum atomic E-state index is 2.37. The Hall–Kier alpha value is -5.46.